The molecule has 0 saturated carbocycles. The van der Waals surface area contributed by atoms with Crippen molar-refractivity contribution in [2.24, 2.45) is 0 Å². The maximum Gasteiger partial charge on any atom is 0.175 e. The molecule has 144 valence electrons. The van der Waals surface area contributed by atoms with Crippen molar-refractivity contribution in [3.63, 3.8) is 0 Å². The Morgan fingerprint density at radius 3 is 2.36 bits per heavy atom. The molecule has 0 radical (unpaired) electrons. The molecule has 0 unspecified atom stereocenters. The van der Waals surface area contributed by atoms with Gasteiger partial charge in [0.25, 0.3) is 0 Å². The Labute approximate surface area is 164 Å². The van der Waals surface area contributed by atoms with Crippen LogP contribution in [0.1, 0.15) is 25.2 Å². The first kappa shape index (κ1) is 18.2. The monoisotopic (exact) mass is 395 g/mol. The van der Waals surface area contributed by atoms with Crippen LogP contribution in [0.4, 0.5) is 5.69 Å². The van der Waals surface area contributed by atoms with Crippen molar-refractivity contribution in [1.29, 1.82) is 0 Å². The summed E-state index contributed by atoms with van der Waals surface area (Å²) in [4.78, 5) is 4.55. The van der Waals surface area contributed by atoms with E-state index in [2.05, 4.69) is 51.6 Å². The standard InChI is InChI=1S/C20H21N5O2S/c1-13(2)25-19-11-15(14-6-8-17(9-7-14)28(3,26)27)4-5-16(19)10-18(24-25)20-21-12-22-23-20/h4-13,24H,1-3H3,(H,21,22,23). The highest BCUT2D eigenvalue weighted by Crippen LogP contribution is 2.34. The van der Waals surface area contributed by atoms with Crippen molar-refractivity contribution >= 4 is 27.3 Å². The van der Waals surface area contributed by atoms with Gasteiger partial charge in [-0.15, -0.1) is 0 Å². The van der Waals surface area contributed by atoms with Crippen molar-refractivity contribution in [2.45, 2.75) is 24.8 Å². The summed E-state index contributed by atoms with van der Waals surface area (Å²) in [7, 11) is -3.20. The molecule has 28 heavy (non-hydrogen) atoms. The van der Waals surface area contributed by atoms with Crippen LogP contribution in [0, 0.1) is 0 Å². The maximum absolute atomic E-state index is 11.7. The van der Waals surface area contributed by atoms with Crippen LogP contribution in [-0.4, -0.2) is 35.9 Å². The number of benzene rings is 2. The molecule has 0 aliphatic carbocycles. The molecule has 0 atom stereocenters. The molecule has 3 aromatic rings. The van der Waals surface area contributed by atoms with Gasteiger partial charge in [0.1, 0.15) is 6.33 Å². The maximum atomic E-state index is 11.7. The van der Waals surface area contributed by atoms with Crippen molar-refractivity contribution in [3.05, 3.63) is 60.2 Å². The summed E-state index contributed by atoms with van der Waals surface area (Å²) in [6.45, 7) is 4.21. The van der Waals surface area contributed by atoms with E-state index in [1.807, 2.05) is 24.3 Å². The Balaban J connectivity index is 1.76. The Hall–Kier alpha value is -3.13. The van der Waals surface area contributed by atoms with Gasteiger partial charge in [-0.1, -0.05) is 24.3 Å². The fourth-order valence-corrected chi connectivity index (χ4v) is 3.82. The predicted molar refractivity (Wildman–Crippen MR) is 110 cm³/mol. The number of nitrogens with zero attached hydrogens (tertiary/aromatic N) is 3. The Kier molecular flexibility index (Phi) is 4.43. The van der Waals surface area contributed by atoms with E-state index in [-0.39, 0.29) is 6.04 Å². The van der Waals surface area contributed by atoms with E-state index in [4.69, 9.17) is 0 Å². The fourth-order valence-electron chi connectivity index (χ4n) is 3.19. The summed E-state index contributed by atoms with van der Waals surface area (Å²) in [5.74, 6) is 0.678. The van der Waals surface area contributed by atoms with Gasteiger partial charge >= 0.3 is 0 Å². The number of H-pyrrole nitrogens is 1. The number of rotatable bonds is 4. The third-order valence-corrected chi connectivity index (χ3v) is 5.76. The normalized spacial score (nSPS) is 13.9. The lowest BCUT2D eigenvalue weighted by Crippen LogP contribution is -2.44. The first-order valence-electron chi connectivity index (χ1n) is 8.91. The van der Waals surface area contributed by atoms with Crippen LogP contribution in [0.2, 0.25) is 0 Å². The molecule has 4 rings (SSSR count). The van der Waals surface area contributed by atoms with Gasteiger partial charge in [0.2, 0.25) is 0 Å². The van der Waals surface area contributed by atoms with Gasteiger partial charge in [-0.3, -0.25) is 15.5 Å². The number of aromatic nitrogens is 3. The third-order valence-electron chi connectivity index (χ3n) is 4.63. The third kappa shape index (κ3) is 3.38. The minimum absolute atomic E-state index is 0.202. The number of hydrogen-bond acceptors (Lipinski definition) is 6. The lowest BCUT2D eigenvalue weighted by atomic mass is 10.00. The van der Waals surface area contributed by atoms with Crippen molar-refractivity contribution in [1.82, 2.24) is 20.6 Å². The quantitative estimate of drug-likeness (QED) is 0.705. The van der Waals surface area contributed by atoms with Crippen molar-refractivity contribution in [2.75, 3.05) is 11.3 Å². The van der Waals surface area contributed by atoms with Crippen LogP contribution in [-0.2, 0) is 9.84 Å². The first-order chi connectivity index (χ1) is 13.3. The van der Waals surface area contributed by atoms with Crippen LogP contribution < -0.4 is 10.4 Å². The van der Waals surface area contributed by atoms with E-state index in [9.17, 15) is 8.42 Å². The molecule has 1 aliphatic rings. The second-order valence-electron chi connectivity index (χ2n) is 7.04. The molecule has 8 heteroatoms. The second kappa shape index (κ2) is 6.79. The number of fused-ring (bicyclic) bond motifs is 1. The molecule has 1 aliphatic heterocycles. The summed E-state index contributed by atoms with van der Waals surface area (Å²) in [5.41, 5.74) is 8.34. The summed E-state index contributed by atoms with van der Waals surface area (Å²) >= 11 is 0. The van der Waals surface area contributed by atoms with E-state index in [0.717, 1.165) is 28.1 Å². The number of sulfone groups is 1. The molecule has 2 aromatic carbocycles. The molecule has 7 nitrogen and oxygen atoms in total. The average molecular weight is 395 g/mol. The molecule has 0 bridgehead atoms. The summed E-state index contributed by atoms with van der Waals surface area (Å²) in [6, 6.07) is 13.4. The van der Waals surface area contributed by atoms with Crippen LogP contribution in [0.3, 0.4) is 0 Å². The number of aromatic amines is 1. The van der Waals surface area contributed by atoms with Crippen LogP contribution >= 0.6 is 0 Å². The molecule has 2 heterocycles. The lowest BCUT2D eigenvalue weighted by molar-refractivity contribution is 0.602. The van der Waals surface area contributed by atoms with Gasteiger partial charge in [-0.2, -0.15) is 5.10 Å². The number of nitrogens with one attached hydrogen (secondary N) is 2. The summed E-state index contributed by atoms with van der Waals surface area (Å²) in [6.07, 6.45) is 4.73. The smallest absolute Gasteiger partial charge is 0.175 e. The van der Waals surface area contributed by atoms with Crippen molar-refractivity contribution in [3.8, 4) is 11.1 Å². The van der Waals surface area contributed by atoms with Crippen molar-refractivity contribution < 1.29 is 8.42 Å². The first-order valence-corrected chi connectivity index (χ1v) is 10.8. The molecule has 0 spiro atoms. The van der Waals surface area contributed by atoms with Gasteiger partial charge in [-0.05, 0) is 49.2 Å². The van der Waals surface area contributed by atoms with Crippen LogP contribution in [0.25, 0.3) is 22.9 Å². The van der Waals surface area contributed by atoms with E-state index in [1.54, 1.807) is 12.1 Å². The van der Waals surface area contributed by atoms with Gasteiger partial charge in [-0.25, -0.2) is 13.4 Å². The topological polar surface area (TPSA) is 91.0 Å². The number of hydrazine groups is 1. The molecule has 0 fully saturated rings. The van der Waals surface area contributed by atoms with Crippen LogP contribution in [0.15, 0.2) is 53.7 Å². The van der Waals surface area contributed by atoms with Crippen LogP contribution in [0.5, 0.6) is 0 Å². The van der Waals surface area contributed by atoms with E-state index in [0.29, 0.717) is 10.7 Å². The average Bonchev–Trinajstić information content (AvgIpc) is 3.21. The fraction of sp³-hybridized carbons (Fsp3) is 0.200. The minimum Gasteiger partial charge on any atom is -0.294 e. The van der Waals surface area contributed by atoms with Gasteiger partial charge in [0.05, 0.1) is 16.3 Å². The Morgan fingerprint density at radius 2 is 1.75 bits per heavy atom. The lowest BCUT2D eigenvalue weighted by Gasteiger charge is -2.35. The van der Waals surface area contributed by atoms with Gasteiger partial charge in [0.15, 0.2) is 15.7 Å². The summed E-state index contributed by atoms with van der Waals surface area (Å²) < 4.78 is 23.4. The summed E-state index contributed by atoms with van der Waals surface area (Å²) in [5, 5.41) is 8.89. The Morgan fingerprint density at radius 1 is 1.04 bits per heavy atom. The largest absolute Gasteiger partial charge is 0.294 e. The predicted octanol–water partition coefficient (Wildman–Crippen LogP) is 3.11. The van der Waals surface area contributed by atoms with E-state index in [1.165, 1.54) is 12.6 Å². The molecular formula is C20H21N5O2S. The molecule has 1 aromatic heterocycles. The highest BCUT2D eigenvalue weighted by molar-refractivity contribution is 7.90. The number of hydrogen-bond donors (Lipinski definition) is 2. The Bertz CT molecular complexity index is 1130. The minimum atomic E-state index is -3.20. The molecule has 0 amide bonds. The zero-order chi connectivity index (χ0) is 19.9. The van der Waals surface area contributed by atoms with Gasteiger partial charge < -0.3 is 0 Å². The second-order valence-corrected chi connectivity index (χ2v) is 9.05. The SMILES string of the molecule is CC(C)N1NC(c2ncn[nH]2)=Cc2ccc(-c3ccc(S(C)(=O)=O)cc3)cc21. The number of anilines is 1. The highest BCUT2D eigenvalue weighted by atomic mass is 32.2. The highest BCUT2D eigenvalue weighted by Gasteiger charge is 2.22. The van der Waals surface area contributed by atoms with E-state index < -0.39 is 9.84 Å². The zero-order valence-electron chi connectivity index (χ0n) is 15.8. The van der Waals surface area contributed by atoms with E-state index >= 15 is 0 Å². The van der Waals surface area contributed by atoms with Gasteiger partial charge in [0, 0.05) is 17.9 Å². The molecule has 0 saturated heterocycles. The zero-order valence-corrected chi connectivity index (χ0v) is 16.7. The molecule has 2 N–H and O–H groups in total. The molecular weight excluding hydrogens is 374 g/mol.